The van der Waals surface area contributed by atoms with Gasteiger partial charge in [-0.1, -0.05) is 174 Å². The molecule has 1 heterocycles. The van der Waals surface area contributed by atoms with Crippen LogP contribution < -0.4 is 5.32 Å². The molecule has 1 aliphatic heterocycles. The first-order chi connectivity index (χ1) is 26.3. The maximum Gasteiger partial charge on any atom is 0.303 e. The number of nitrogens with one attached hydrogen (secondary N) is 1. The summed E-state index contributed by atoms with van der Waals surface area (Å²) in [4.78, 5) is 39.4. The molecule has 0 aromatic carbocycles. The average molecular weight is 769 g/mol. The van der Waals surface area contributed by atoms with Gasteiger partial charge in [-0.3, -0.25) is 14.4 Å². The molecule has 5 atom stereocenters. The van der Waals surface area contributed by atoms with E-state index in [9.17, 15) is 29.7 Å². The molecule has 5 N–H and O–H groups in total. The molecule has 2 amide bonds. The van der Waals surface area contributed by atoms with Crippen LogP contribution in [0.2, 0.25) is 0 Å². The number of amides is 2. The number of carboxylic acid groups (broad SMARTS) is 1. The van der Waals surface area contributed by atoms with Crippen molar-refractivity contribution in [3.63, 3.8) is 0 Å². The Hall–Kier alpha value is -1.75. The number of aliphatic hydroxyl groups is 3. The summed E-state index contributed by atoms with van der Waals surface area (Å²) in [6, 6.07) is -1.05. The summed E-state index contributed by atoms with van der Waals surface area (Å²) in [5.41, 5.74) is 0. The molecule has 54 heavy (non-hydrogen) atoms. The van der Waals surface area contributed by atoms with Crippen molar-refractivity contribution in [2.45, 2.75) is 250 Å². The highest BCUT2D eigenvalue weighted by Gasteiger charge is 2.48. The molecule has 1 rings (SSSR count). The van der Waals surface area contributed by atoms with E-state index in [1.807, 2.05) is 0 Å². The lowest BCUT2D eigenvalue weighted by Gasteiger charge is -2.47. The monoisotopic (exact) mass is 769 g/mol. The highest BCUT2D eigenvalue weighted by molar-refractivity contribution is 5.78. The van der Waals surface area contributed by atoms with Gasteiger partial charge in [0.1, 0.15) is 24.4 Å². The standard InChI is InChI=1S/C44H84N2O8/c1-3-5-7-9-11-13-15-16-17-18-19-20-22-24-29-33-39(49)46(35-31-27-23-21-14-12-10-8-6-4-2)44-41(43(53)42(52)37(36-47)54-44)45-38(48)32-28-25-26-30-34-40(50)51/h37,41-44,47,52-53H,3-36H2,1-2H3,(H,45,48)(H,50,51)/t37-,41-,42-,43-,44-/m1/s1. The number of nitrogens with zero attached hydrogens (tertiary/aromatic N) is 1. The second kappa shape index (κ2) is 34.5. The minimum absolute atomic E-state index is 0.0939. The molecule has 0 saturated carbocycles. The number of carbonyl (C=O) groups excluding carboxylic acids is 2. The number of carbonyl (C=O) groups is 3. The SMILES string of the molecule is CCCCCCCCCCCCCCCCCC(=O)N(CCCCCCCCCCCC)[C@@H]1O[C@H](CO)[C@@H](O)[C@H](O)[C@H]1NC(=O)CCCCCCC(=O)O. The lowest BCUT2D eigenvalue weighted by molar-refractivity contribution is -0.231. The normalized spacial score (nSPS) is 19.9. The van der Waals surface area contributed by atoms with Crippen molar-refractivity contribution >= 4 is 17.8 Å². The van der Waals surface area contributed by atoms with E-state index in [0.717, 1.165) is 44.9 Å². The van der Waals surface area contributed by atoms with Crippen LogP contribution in [0.3, 0.4) is 0 Å². The van der Waals surface area contributed by atoms with E-state index in [4.69, 9.17) is 9.84 Å². The number of hydrogen-bond donors (Lipinski definition) is 5. The quantitative estimate of drug-likeness (QED) is 0.0392. The Morgan fingerprint density at radius 2 is 0.926 bits per heavy atom. The minimum atomic E-state index is -1.42. The van der Waals surface area contributed by atoms with Crippen LogP contribution in [0.5, 0.6) is 0 Å². The van der Waals surface area contributed by atoms with Gasteiger partial charge >= 0.3 is 5.97 Å². The fourth-order valence-corrected chi connectivity index (χ4v) is 7.65. The van der Waals surface area contributed by atoms with Gasteiger partial charge in [0.2, 0.25) is 11.8 Å². The van der Waals surface area contributed by atoms with E-state index in [2.05, 4.69) is 19.2 Å². The van der Waals surface area contributed by atoms with E-state index in [-0.39, 0.29) is 24.7 Å². The van der Waals surface area contributed by atoms with Crippen LogP contribution >= 0.6 is 0 Å². The topological polar surface area (TPSA) is 157 Å². The maximum absolute atomic E-state index is 13.9. The molecular weight excluding hydrogens is 684 g/mol. The highest BCUT2D eigenvalue weighted by atomic mass is 16.5. The molecule has 1 saturated heterocycles. The van der Waals surface area contributed by atoms with Crippen molar-refractivity contribution in [3.8, 4) is 0 Å². The first kappa shape index (κ1) is 50.3. The zero-order chi connectivity index (χ0) is 39.7. The Morgan fingerprint density at radius 3 is 1.35 bits per heavy atom. The fourth-order valence-electron chi connectivity index (χ4n) is 7.65. The largest absolute Gasteiger partial charge is 0.481 e. The van der Waals surface area contributed by atoms with Gasteiger partial charge in [0.15, 0.2) is 6.23 Å². The molecule has 0 aromatic rings. The Balaban J connectivity index is 2.71. The van der Waals surface area contributed by atoms with Crippen LogP contribution in [-0.4, -0.2) is 86.8 Å². The summed E-state index contributed by atoms with van der Waals surface area (Å²) in [6.07, 6.45) is 28.4. The number of unbranched alkanes of at least 4 members (excludes halogenated alkanes) is 26. The van der Waals surface area contributed by atoms with Gasteiger partial charge < -0.3 is 35.4 Å². The van der Waals surface area contributed by atoms with E-state index >= 15 is 0 Å². The molecular formula is C44H84N2O8. The summed E-state index contributed by atoms with van der Waals surface area (Å²) in [6.45, 7) is 4.38. The number of ether oxygens (including phenoxy) is 1. The zero-order valence-electron chi connectivity index (χ0n) is 34.8. The summed E-state index contributed by atoms with van der Waals surface area (Å²) in [5.74, 6) is -1.25. The Morgan fingerprint density at radius 1 is 0.537 bits per heavy atom. The van der Waals surface area contributed by atoms with Crippen molar-refractivity contribution in [1.29, 1.82) is 0 Å². The van der Waals surface area contributed by atoms with Crippen LogP contribution in [0.1, 0.15) is 219 Å². The summed E-state index contributed by atoms with van der Waals surface area (Å²) >= 11 is 0. The first-order valence-corrected chi connectivity index (χ1v) is 22.7. The van der Waals surface area contributed by atoms with E-state index in [1.165, 1.54) is 116 Å². The van der Waals surface area contributed by atoms with Gasteiger partial charge in [-0.25, -0.2) is 0 Å². The molecule has 10 heteroatoms. The van der Waals surface area contributed by atoms with Crippen LogP contribution in [0, 0.1) is 0 Å². The van der Waals surface area contributed by atoms with Crippen molar-refractivity contribution in [1.82, 2.24) is 10.2 Å². The third kappa shape index (κ3) is 24.7. The van der Waals surface area contributed by atoms with Crippen molar-refractivity contribution < 1.29 is 39.5 Å². The van der Waals surface area contributed by atoms with E-state index in [0.29, 0.717) is 38.6 Å². The smallest absolute Gasteiger partial charge is 0.303 e. The predicted octanol–water partition coefficient (Wildman–Crippen LogP) is 9.35. The number of aliphatic carboxylic acids is 1. The number of carboxylic acids is 1. The average Bonchev–Trinajstić information content (AvgIpc) is 3.15. The summed E-state index contributed by atoms with van der Waals surface area (Å²) in [7, 11) is 0. The van der Waals surface area contributed by atoms with Crippen LogP contribution in [-0.2, 0) is 19.1 Å². The van der Waals surface area contributed by atoms with E-state index in [1.54, 1.807) is 4.90 Å². The Labute approximate surface area is 330 Å². The molecule has 0 bridgehead atoms. The molecule has 1 aliphatic rings. The maximum atomic E-state index is 13.9. The summed E-state index contributed by atoms with van der Waals surface area (Å²) < 4.78 is 6.14. The van der Waals surface area contributed by atoms with Crippen LogP contribution in [0.15, 0.2) is 0 Å². The van der Waals surface area contributed by atoms with Gasteiger partial charge in [0.25, 0.3) is 0 Å². The van der Waals surface area contributed by atoms with Crippen molar-refractivity contribution in [2.24, 2.45) is 0 Å². The molecule has 0 radical (unpaired) electrons. The minimum Gasteiger partial charge on any atom is -0.481 e. The predicted molar refractivity (Wildman–Crippen MR) is 218 cm³/mol. The zero-order valence-corrected chi connectivity index (χ0v) is 34.8. The lowest BCUT2D eigenvalue weighted by Crippen LogP contribution is -2.68. The van der Waals surface area contributed by atoms with Gasteiger partial charge in [-0.05, 0) is 25.7 Å². The van der Waals surface area contributed by atoms with Gasteiger partial charge in [-0.2, -0.15) is 0 Å². The number of hydrogen-bond acceptors (Lipinski definition) is 7. The highest BCUT2D eigenvalue weighted by Crippen LogP contribution is 2.26. The fraction of sp³-hybridized carbons (Fsp3) is 0.932. The molecule has 0 aliphatic carbocycles. The molecule has 0 spiro atoms. The van der Waals surface area contributed by atoms with Crippen molar-refractivity contribution in [2.75, 3.05) is 13.2 Å². The van der Waals surface area contributed by atoms with Crippen molar-refractivity contribution in [3.05, 3.63) is 0 Å². The van der Waals surface area contributed by atoms with E-state index < -0.39 is 43.2 Å². The summed E-state index contributed by atoms with van der Waals surface area (Å²) in [5, 5.41) is 43.7. The number of rotatable bonds is 37. The molecule has 0 unspecified atom stereocenters. The lowest BCUT2D eigenvalue weighted by atomic mass is 9.94. The second-order valence-electron chi connectivity index (χ2n) is 16.1. The van der Waals surface area contributed by atoms with Crippen LogP contribution in [0.25, 0.3) is 0 Å². The molecule has 0 aromatic heterocycles. The molecule has 318 valence electrons. The van der Waals surface area contributed by atoms with Gasteiger partial charge in [-0.15, -0.1) is 0 Å². The van der Waals surface area contributed by atoms with Gasteiger partial charge in [0, 0.05) is 25.8 Å². The molecule has 10 nitrogen and oxygen atoms in total. The molecule has 1 fully saturated rings. The van der Waals surface area contributed by atoms with Crippen LogP contribution in [0.4, 0.5) is 0 Å². The van der Waals surface area contributed by atoms with Gasteiger partial charge in [0.05, 0.1) is 6.61 Å². The Kier molecular flexibility index (Phi) is 32.1. The second-order valence-corrected chi connectivity index (χ2v) is 16.1. The Bertz CT molecular complexity index is 921. The third-order valence-electron chi connectivity index (χ3n) is 11.1. The number of aliphatic hydroxyl groups excluding tert-OH is 3. The third-order valence-corrected chi connectivity index (χ3v) is 11.1. The first-order valence-electron chi connectivity index (χ1n) is 22.7.